The van der Waals surface area contributed by atoms with Crippen molar-refractivity contribution in [1.82, 2.24) is 9.88 Å². The Hall–Kier alpha value is -1.93. The lowest BCUT2D eigenvalue weighted by atomic mass is 9.74. The van der Waals surface area contributed by atoms with E-state index in [0.717, 1.165) is 23.7 Å². The Morgan fingerprint density at radius 1 is 1.32 bits per heavy atom. The van der Waals surface area contributed by atoms with Crippen molar-refractivity contribution >= 4 is 28.6 Å². The highest BCUT2D eigenvalue weighted by atomic mass is 32.2. The van der Waals surface area contributed by atoms with Crippen molar-refractivity contribution in [3.63, 3.8) is 0 Å². The predicted octanol–water partition coefficient (Wildman–Crippen LogP) is 6.02. The molecule has 5 nitrogen and oxygen atoms in total. The van der Waals surface area contributed by atoms with Crippen LogP contribution in [0.1, 0.15) is 63.1 Å². The van der Waals surface area contributed by atoms with Crippen molar-refractivity contribution in [3.8, 4) is 5.75 Å². The Morgan fingerprint density at radius 3 is 2.74 bits per heavy atom. The smallest absolute Gasteiger partial charge is 0.309 e. The Labute approximate surface area is 204 Å². The minimum atomic E-state index is -1.62. The number of thioether (sulfide) groups is 1. The third kappa shape index (κ3) is 5.65. The number of likely N-dealkylation sites (tertiary alicyclic amines) is 1. The zero-order valence-electron chi connectivity index (χ0n) is 19.8. The van der Waals surface area contributed by atoms with Gasteiger partial charge in [-0.15, -0.1) is 0 Å². The van der Waals surface area contributed by atoms with Gasteiger partial charge in [0, 0.05) is 28.5 Å². The van der Waals surface area contributed by atoms with Gasteiger partial charge in [0.1, 0.15) is 17.7 Å². The van der Waals surface area contributed by atoms with Gasteiger partial charge in [0.05, 0.1) is 24.2 Å². The molecule has 1 aromatic heterocycles. The van der Waals surface area contributed by atoms with E-state index in [1.807, 2.05) is 11.8 Å². The molecule has 186 valence electrons. The first-order valence-corrected chi connectivity index (χ1v) is 13.3. The Bertz CT molecular complexity index is 991. The van der Waals surface area contributed by atoms with E-state index in [4.69, 9.17) is 4.74 Å². The number of carbonyl (C=O) groups is 1. The summed E-state index contributed by atoms with van der Waals surface area (Å²) in [6.45, 7) is 2.38. The number of carboxylic acid groups (broad SMARTS) is 1. The summed E-state index contributed by atoms with van der Waals surface area (Å²) in [4.78, 5) is 18.6. The van der Waals surface area contributed by atoms with Gasteiger partial charge in [-0.1, -0.05) is 12.8 Å². The fourth-order valence-corrected chi connectivity index (χ4v) is 6.70. The highest BCUT2D eigenvalue weighted by Gasteiger charge is 2.42. The van der Waals surface area contributed by atoms with Crippen LogP contribution in [0.3, 0.4) is 0 Å². The van der Waals surface area contributed by atoms with Gasteiger partial charge in [0.2, 0.25) is 0 Å². The number of nitrogens with zero attached hydrogens (tertiary/aromatic N) is 2. The van der Waals surface area contributed by atoms with E-state index in [1.54, 1.807) is 18.2 Å². The molecule has 1 atom stereocenters. The highest BCUT2D eigenvalue weighted by Crippen LogP contribution is 2.41. The minimum absolute atomic E-state index is 0.0446. The van der Waals surface area contributed by atoms with Crippen molar-refractivity contribution in [2.24, 2.45) is 5.41 Å². The number of pyridine rings is 1. The highest BCUT2D eigenvalue weighted by molar-refractivity contribution is 7.99. The van der Waals surface area contributed by atoms with Crippen LogP contribution < -0.4 is 4.74 Å². The van der Waals surface area contributed by atoms with Crippen LogP contribution in [0.25, 0.3) is 10.9 Å². The molecular formula is C26H34F2N2O3S. The Morgan fingerprint density at radius 2 is 2.06 bits per heavy atom. The van der Waals surface area contributed by atoms with Crippen molar-refractivity contribution < 1.29 is 23.4 Å². The molecule has 0 amide bonds. The van der Waals surface area contributed by atoms with Crippen molar-refractivity contribution in [2.45, 2.75) is 62.8 Å². The molecule has 1 aliphatic carbocycles. The molecule has 1 saturated heterocycles. The molecule has 0 unspecified atom stereocenters. The molecule has 1 saturated carbocycles. The summed E-state index contributed by atoms with van der Waals surface area (Å²) in [7, 11) is 1.50. The number of aliphatic carboxylic acids is 1. The molecule has 2 heterocycles. The number of alkyl halides is 1. The molecule has 0 radical (unpaired) electrons. The number of fused-ring (bicyclic) bond motifs is 1. The first kappa shape index (κ1) is 25.2. The van der Waals surface area contributed by atoms with Gasteiger partial charge in [0.15, 0.2) is 0 Å². The number of methoxy groups -OCH3 is 1. The van der Waals surface area contributed by atoms with E-state index >= 15 is 4.39 Å². The molecular weight excluding hydrogens is 458 g/mol. The second-order valence-electron chi connectivity index (χ2n) is 9.61. The van der Waals surface area contributed by atoms with Crippen molar-refractivity contribution in [1.29, 1.82) is 0 Å². The summed E-state index contributed by atoms with van der Waals surface area (Å²) in [6, 6.07) is 4.95. The third-order valence-corrected chi connectivity index (χ3v) is 8.95. The summed E-state index contributed by atoms with van der Waals surface area (Å²) in [5, 5.41) is 11.2. The van der Waals surface area contributed by atoms with Crippen LogP contribution in [0, 0.1) is 11.2 Å². The third-order valence-electron chi connectivity index (χ3n) is 7.59. The van der Waals surface area contributed by atoms with Crippen LogP contribution in [0.2, 0.25) is 0 Å². The summed E-state index contributed by atoms with van der Waals surface area (Å²) in [5.74, 6) is -0.0164. The van der Waals surface area contributed by atoms with Crippen LogP contribution in [0.4, 0.5) is 8.78 Å². The molecule has 2 aliphatic rings. The molecule has 34 heavy (non-hydrogen) atoms. The van der Waals surface area contributed by atoms with Crippen LogP contribution in [-0.2, 0) is 4.79 Å². The SMILES string of the molecule is COc1ccc2ncc(F)c([C@H](F)CCC3(C(=O)O)CCN(CCSC4CCCC4)CC3)c2c1. The molecule has 1 N–H and O–H groups in total. The molecule has 2 fully saturated rings. The molecule has 0 bridgehead atoms. The number of hydrogen-bond acceptors (Lipinski definition) is 5. The van der Waals surface area contributed by atoms with Crippen LogP contribution in [0.15, 0.2) is 24.4 Å². The predicted molar refractivity (Wildman–Crippen MR) is 132 cm³/mol. The summed E-state index contributed by atoms with van der Waals surface area (Å²) in [6.07, 6.45) is 5.86. The summed E-state index contributed by atoms with van der Waals surface area (Å²) in [5.41, 5.74) is -0.543. The summed E-state index contributed by atoms with van der Waals surface area (Å²) >= 11 is 2.04. The molecule has 1 aliphatic heterocycles. The van der Waals surface area contributed by atoms with Gasteiger partial charge in [-0.2, -0.15) is 11.8 Å². The maximum Gasteiger partial charge on any atom is 0.309 e. The summed E-state index contributed by atoms with van der Waals surface area (Å²) < 4.78 is 35.3. The van der Waals surface area contributed by atoms with Crippen LogP contribution in [-0.4, -0.2) is 58.7 Å². The van der Waals surface area contributed by atoms with Crippen molar-refractivity contribution in [2.75, 3.05) is 32.5 Å². The monoisotopic (exact) mass is 492 g/mol. The minimum Gasteiger partial charge on any atom is -0.497 e. The molecule has 2 aromatic rings. The van der Waals surface area contributed by atoms with Gasteiger partial charge in [-0.25, -0.2) is 8.78 Å². The van der Waals surface area contributed by atoms with Crippen LogP contribution >= 0.6 is 11.8 Å². The van der Waals surface area contributed by atoms with E-state index in [2.05, 4.69) is 9.88 Å². The fourth-order valence-electron chi connectivity index (χ4n) is 5.34. The number of rotatable bonds is 10. The lowest BCUT2D eigenvalue weighted by Crippen LogP contribution is -2.45. The normalized spacial score (nSPS) is 20.0. The second-order valence-corrected chi connectivity index (χ2v) is 11.0. The lowest BCUT2D eigenvalue weighted by molar-refractivity contribution is -0.153. The van der Waals surface area contributed by atoms with E-state index in [1.165, 1.54) is 32.8 Å². The first-order valence-electron chi connectivity index (χ1n) is 12.3. The molecule has 8 heteroatoms. The zero-order valence-corrected chi connectivity index (χ0v) is 20.6. The average molecular weight is 493 g/mol. The standard InChI is InChI=1S/C26H34F2N2O3S/c1-33-18-6-7-23-20(16-18)24(22(28)17-29-23)21(27)8-9-26(25(31)32)10-12-30(13-11-26)14-15-34-19-4-2-3-5-19/h6-7,16-17,19,21H,2-5,8-15H2,1H3,(H,31,32)/t21-/m1/s1. The Balaban J connectivity index is 1.37. The van der Waals surface area contributed by atoms with E-state index in [9.17, 15) is 14.3 Å². The van der Waals surface area contributed by atoms with Gasteiger partial charge in [0.25, 0.3) is 0 Å². The Kier molecular flexibility index (Phi) is 8.30. The fraction of sp³-hybridized carbons (Fsp3) is 0.615. The molecule has 1 aromatic carbocycles. The van der Waals surface area contributed by atoms with E-state index in [-0.39, 0.29) is 18.4 Å². The quantitative estimate of drug-likeness (QED) is 0.438. The lowest BCUT2D eigenvalue weighted by Gasteiger charge is -2.39. The van der Waals surface area contributed by atoms with Gasteiger partial charge in [-0.05, 0) is 69.8 Å². The number of ether oxygens (including phenoxy) is 1. The van der Waals surface area contributed by atoms with Gasteiger partial charge in [-0.3, -0.25) is 9.78 Å². The number of hydrogen-bond donors (Lipinski definition) is 1. The second kappa shape index (κ2) is 11.2. The van der Waals surface area contributed by atoms with E-state index in [0.29, 0.717) is 42.6 Å². The largest absolute Gasteiger partial charge is 0.497 e. The van der Waals surface area contributed by atoms with Crippen molar-refractivity contribution in [3.05, 3.63) is 35.8 Å². The van der Waals surface area contributed by atoms with E-state index < -0.39 is 23.4 Å². The number of benzene rings is 1. The maximum absolute atomic E-state index is 15.4. The first-order chi connectivity index (χ1) is 16.4. The van der Waals surface area contributed by atoms with Gasteiger partial charge < -0.3 is 14.7 Å². The van der Waals surface area contributed by atoms with Gasteiger partial charge >= 0.3 is 5.97 Å². The molecule has 0 spiro atoms. The average Bonchev–Trinajstić information content (AvgIpc) is 3.36. The number of piperidine rings is 1. The van der Waals surface area contributed by atoms with Crippen LogP contribution in [0.5, 0.6) is 5.75 Å². The zero-order chi connectivity index (χ0) is 24.1. The maximum atomic E-state index is 15.4. The molecule has 4 rings (SSSR count). The number of carboxylic acids is 1. The number of aromatic nitrogens is 1. The topological polar surface area (TPSA) is 62.7 Å². The number of halogens is 2.